The standard InChI is InChI=1S/C35H68O6/c1-12-13-14-15-16-17-18-19-20-21-31(36)35(10,11)41-26-33(6,7)39-24-29(30-22-28(23-38-30)27(2)3)34(8,9)40-25-32(4,5)37/h27-30,37H,12-26H2,1-11H3. The molecule has 41 heavy (non-hydrogen) atoms. The van der Waals surface area contributed by atoms with E-state index in [4.69, 9.17) is 18.9 Å². The Morgan fingerprint density at radius 3 is 1.90 bits per heavy atom. The number of hydrogen-bond donors (Lipinski definition) is 1. The zero-order chi connectivity index (χ0) is 31.3. The summed E-state index contributed by atoms with van der Waals surface area (Å²) in [4.78, 5) is 13.0. The topological polar surface area (TPSA) is 74.2 Å². The molecule has 1 fully saturated rings. The summed E-state index contributed by atoms with van der Waals surface area (Å²) >= 11 is 0. The van der Waals surface area contributed by atoms with Gasteiger partial charge in [-0.1, -0.05) is 72.1 Å². The van der Waals surface area contributed by atoms with Crippen LogP contribution in [0.2, 0.25) is 0 Å². The summed E-state index contributed by atoms with van der Waals surface area (Å²) in [7, 11) is 0. The van der Waals surface area contributed by atoms with Gasteiger partial charge in [-0.15, -0.1) is 0 Å². The monoisotopic (exact) mass is 585 g/mol. The molecule has 0 aromatic carbocycles. The fraction of sp³-hybridized carbons (Fsp3) is 0.971. The van der Waals surface area contributed by atoms with E-state index in [0.29, 0.717) is 31.5 Å². The Morgan fingerprint density at radius 1 is 0.829 bits per heavy atom. The molecule has 0 spiro atoms. The van der Waals surface area contributed by atoms with Gasteiger partial charge in [0.2, 0.25) is 0 Å². The second-order valence-electron chi connectivity index (χ2n) is 15.3. The second-order valence-corrected chi connectivity index (χ2v) is 15.3. The first-order valence-corrected chi connectivity index (χ1v) is 16.7. The van der Waals surface area contributed by atoms with Gasteiger partial charge in [0.25, 0.3) is 0 Å². The number of hydrogen-bond acceptors (Lipinski definition) is 6. The summed E-state index contributed by atoms with van der Waals surface area (Å²) < 4.78 is 25.3. The minimum atomic E-state index is -0.918. The second kappa shape index (κ2) is 17.7. The Kier molecular flexibility index (Phi) is 16.6. The van der Waals surface area contributed by atoms with Gasteiger partial charge in [0.1, 0.15) is 5.60 Å². The first-order valence-electron chi connectivity index (χ1n) is 16.7. The van der Waals surface area contributed by atoms with E-state index in [0.717, 1.165) is 25.9 Å². The van der Waals surface area contributed by atoms with Crippen molar-refractivity contribution in [2.75, 3.05) is 26.4 Å². The quantitative estimate of drug-likeness (QED) is 0.122. The Labute approximate surface area is 254 Å². The van der Waals surface area contributed by atoms with Crippen LogP contribution in [-0.2, 0) is 23.7 Å². The van der Waals surface area contributed by atoms with Crippen molar-refractivity contribution in [2.24, 2.45) is 17.8 Å². The van der Waals surface area contributed by atoms with Gasteiger partial charge < -0.3 is 24.1 Å². The van der Waals surface area contributed by atoms with Crippen LogP contribution in [0.3, 0.4) is 0 Å². The van der Waals surface area contributed by atoms with E-state index in [2.05, 4.69) is 34.6 Å². The number of ether oxygens (including phenoxy) is 4. The molecule has 3 atom stereocenters. The summed E-state index contributed by atoms with van der Waals surface area (Å²) in [5.74, 6) is 1.21. The summed E-state index contributed by atoms with van der Waals surface area (Å²) in [5.41, 5.74) is -2.90. The van der Waals surface area contributed by atoms with Crippen LogP contribution in [-0.4, -0.2) is 65.8 Å². The number of carbonyl (C=O) groups excluding carboxylic acids is 1. The third-order valence-corrected chi connectivity index (χ3v) is 8.75. The molecular weight excluding hydrogens is 516 g/mol. The van der Waals surface area contributed by atoms with Crippen LogP contribution in [0.15, 0.2) is 0 Å². The number of Topliss-reactive ketones (excluding diaryl/α,β-unsaturated/α-hetero) is 1. The van der Waals surface area contributed by atoms with E-state index in [-0.39, 0.29) is 24.4 Å². The van der Waals surface area contributed by atoms with E-state index in [1.807, 2.05) is 27.7 Å². The lowest BCUT2D eigenvalue weighted by Gasteiger charge is -2.41. The molecule has 0 aromatic rings. The Morgan fingerprint density at radius 2 is 1.39 bits per heavy atom. The maximum absolute atomic E-state index is 13.0. The summed E-state index contributed by atoms with van der Waals surface area (Å²) in [6.07, 6.45) is 12.7. The Bertz CT molecular complexity index is 721. The molecule has 1 saturated heterocycles. The van der Waals surface area contributed by atoms with Gasteiger partial charge in [-0.2, -0.15) is 0 Å². The molecule has 1 heterocycles. The van der Waals surface area contributed by atoms with E-state index in [9.17, 15) is 9.90 Å². The van der Waals surface area contributed by atoms with Crippen LogP contribution in [0.5, 0.6) is 0 Å². The number of aliphatic hydroxyl groups is 1. The van der Waals surface area contributed by atoms with Gasteiger partial charge in [-0.25, -0.2) is 0 Å². The van der Waals surface area contributed by atoms with Crippen LogP contribution >= 0.6 is 0 Å². The summed E-state index contributed by atoms with van der Waals surface area (Å²) in [6.45, 7) is 23.9. The minimum Gasteiger partial charge on any atom is -0.388 e. The molecule has 0 saturated carbocycles. The molecule has 0 aromatic heterocycles. The highest BCUT2D eigenvalue weighted by molar-refractivity contribution is 5.86. The minimum absolute atomic E-state index is 0.0188. The van der Waals surface area contributed by atoms with Crippen molar-refractivity contribution < 1.29 is 28.8 Å². The molecule has 1 aliphatic rings. The number of rotatable bonds is 23. The molecule has 0 amide bonds. The third kappa shape index (κ3) is 15.7. The van der Waals surface area contributed by atoms with E-state index in [1.54, 1.807) is 13.8 Å². The lowest BCUT2D eigenvalue weighted by molar-refractivity contribution is -0.180. The van der Waals surface area contributed by atoms with Crippen molar-refractivity contribution in [3.63, 3.8) is 0 Å². The molecule has 0 aliphatic carbocycles. The Hall–Kier alpha value is -0.530. The molecule has 1 rings (SSSR count). The van der Waals surface area contributed by atoms with Gasteiger partial charge in [0, 0.05) is 12.3 Å². The van der Waals surface area contributed by atoms with Crippen LogP contribution in [0.25, 0.3) is 0 Å². The average molecular weight is 585 g/mol. The first kappa shape index (κ1) is 38.5. The molecule has 6 nitrogen and oxygen atoms in total. The van der Waals surface area contributed by atoms with Gasteiger partial charge in [-0.05, 0) is 80.1 Å². The fourth-order valence-corrected chi connectivity index (χ4v) is 5.34. The van der Waals surface area contributed by atoms with Gasteiger partial charge >= 0.3 is 0 Å². The number of ketones is 1. The largest absolute Gasteiger partial charge is 0.388 e. The molecule has 0 bridgehead atoms. The predicted molar refractivity (Wildman–Crippen MR) is 169 cm³/mol. The zero-order valence-electron chi connectivity index (χ0n) is 28.9. The normalized spacial score (nSPS) is 19.7. The van der Waals surface area contributed by atoms with Crippen molar-refractivity contribution in [3.05, 3.63) is 0 Å². The maximum Gasteiger partial charge on any atom is 0.164 e. The van der Waals surface area contributed by atoms with Crippen molar-refractivity contribution in [3.8, 4) is 0 Å². The lowest BCUT2D eigenvalue weighted by Crippen LogP contribution is -2.49. The van der Waals surface area contributed by atoms with E-state index >= 15 is 0 Å². The predicted octanol–water partition coefficient (Wildman–Crippen LogP) is 8.31. The van der Waals surface area contributed by atoms with Crippen LogP contribution < -0.4 is 0 Å². The van der Waals surface area contributed by atoms with Crippen molar-refractivity contribution in [2.45, 2.75) is 175 Å². The van der Waals surface area contributed by atoms with Crippen molar-refractivity contribution >= 4 is 5.78 Å². The molecule has 3 unspecified atom stereocenters. The van der Waals surface area contributed by atoms with E-state index in [1.165, 1.54) is 44.9 Å². The lowest BCUT2D eigenvalue weighted by atomic mass is 9.82. The van der Waals surface area contributed by atoms with Crippen molar-refractivity contribution in [1.29, 1.82) is 0 Å². The summed E-state index contributed by atoms with van der Waals surface area (Å²) in [6, 6.07) is 0. The van der Waals surface area contributed by atoms with Gasteiger partial charge in [0.15, 0.2) is 5.78 Å². The molecule has 1 aliphatic heterocycles. The zero-order valence-corrected chi connectivity index (χ0v) is 28.9. The van der Waals surface area contributed by atoms with Gasteiger partial charge in [0.05, 0.1) is 49.3 Å². The number of unbranched alkanes of at least 4 members (excludes halogenated alkanes) is 8. The highest BCUT2D eigenvalue weighted by atomic mass is 16.6. The smallest absolute Gasteiger partial charge is 0.164 e. The number of carbonyl (C=O) groups is 1. The highest BCUT2D eigenvalue weighted by Gasteiger charge is 2.43. The third-order valence-electron chi connectivity index (χ3n) is 8.75. The van der Waals surface area contributed by atoms with Crippen LogP contribution in [0.4, 0.5) is 0 Å². The first-order chi connectivity index (χ1) is 18.9. The molecule has 1 N–H and O–H groups in total. The fourth-order valence-electron chi connectivity index (χ4n) is 5.34. The maximum atomic E-state index is 13.0. The van der Waals surface area contributed by atoms with Crippen LogP contribution in [0, 0.1) is 17.8 Å². The van der Waals surface area contributed by atoms with E-state index < -0.39 is 22.4 Å². The van der Waals surface area contributed by atoms with Crippen molar-refractivity contribution in [1.82, 2.24) is 0 Å². The van der Waals surface area contributed by atoms with Crippen LogP contribution in [0.1, 0.15) is 147 Å². The highest BCUT2D eigenvalue weighted by Crippen LogP contribution is 2.37. The Balaban J connectivity index is 2.62. The molecule has 0 radical (unpaired) electrons. The van der Waals surface area contributed by atoms with Gasteiger partial charge in [-0.3, -0.25) is 4.79 Å². The molecule has 244 valence electrons. The summed E-state index contributed by atoms with van der Waals surface area (Å²) in [5, 5.41) is 10.3. The molecule has 6 heteroatoms. The molecular formula is C35H68O6. The average Bonchev–Trinajstić information content (AvgIpc) is 3.35. The SMILES string of the molecule is CCCCCCCCCCCC(=O)C(C)(C)OCC(C)(C)OCC(C1CC(C(C)C)CO1)C(C)(C)OCC(C)(C)O.